The molecule has 6 nitrogen and oxygen atoms in total. The molecule has 0 fully saturated rings. The van der Waals surface area contributed by atoms with Crippen LogP contribution < -0.4 is 10.9 Å². The van der Waals surface area contributed by atoms with Gasteiger partial charge >= 0.3 is 0 Å². The van der Waals surface area contributed by atoms with Crippen LogP contribution in [0.2, 0.25) is 0 Å². The number of pyridine rings is 1. The topological polar surface area (TPSA) is 68.9 Å². The lowest BCUT2D eigenvalue weighted by atomic mass is 10.2. The molecule has 2 aromatic heterocycles. The molecule has 0 atom stereocenters. The third-order valence-electron chi connectivity index (χ3n) is 4.32. The van der Waals surface area contributed by atoms with E-state index in [-0.39, 0.29) is 18.0 Å². The summed E-state index contributed by atoms with van der Waals surface area (Å²) in [6, 6.07) is 20.2. The second kappa shape index (κ2) is 6.92. The molecule has 2 aromatic carbocycles. The van der Waals surface area contributed by atoms with Crippen molar-refractivity contribution in [2.75, 3.05) is 5.32 Å². The van der Waals surface area contributed by atoms with E-state index in [1.165, 1.54) is 4.68 Å². The minimum atomic E-state index is -0.230. The number of carbonyl (C=O) groups excluding carboxylic acids is 1. The van der Waals surface area contributed by atoms with Gasteiger partial charge in [-0.1, -0.05) is 35.9 Å². The van der Waals surface area contributed by atoms with Gasteiger partial charge in [0.2, 0.25) is 5.91 Å². The van der Waals surface area contributed by atoms with Crippen LogP contribution in [0.3, 0.4) is 0 Å². The number of rotatable bonds is 4. The lowest BCUT2D eigenvalue weighted by molar-refractivity contribution is -0.116. The number of aromatic nitrogens is 3. The number of nitrogens with one attached hydrogen (secondary N) is 1. The van der Waals surface area contributed by atoms with Crippen molar-refractivity contribution >= 4 is 22.6 Å². The molecule has 0 saturated carbocycles. The van der Waals surface area contributed by atoms with Crippen LogP contribution in [0.1, 0.15) is 5.56 Å². The Morgan fingerprint density at radius 2 is 1.74 bits per heavy atom. The molecule has 1 amide bonds. The molecular weight excluding hydrogens is 340 g/mol. The molecular formula is C21H18N4O2. The lowest BCUT2D eigenvalue weighted by Gasteiger charge is -2.12. The normalized spacial score (nSPS) is 10.9. The Kier molecular flexibility index (Phi) is 4.30. The SMILES string of the molecule is Cc1ccc(NC(=O)Cn2c3ncccc3c(=O)n2-c2ccccc2)cc1. The fourth-order valence-electron chi connectivity index (χ4n) is 3.03. The summed E-state index contributed by atoms with van der Waals surface area (Å²) in [5, 5.41) is 3.34. The van der Waals surface area contributed by atoms with Crippen LogP contribution in [0.5, 0.6) is 0 Å². The van der Waals surface area contributed by atoms with Crippen molar-refractivity contribution in [1.82, 2.24) is 14.3 Å². The van der Waals surface area contributed by atoms with Gasteiger partial charge in [0.05, 0.1) is 11.1 Å². The second-order valence-electron chi connectivity index (χ2n) is 6.30. The predicted molar refractivity (Wildman–Crippen MR) is 105 cm³/mol. The van der Waals surface area contributed by atoms with Gasteiger partial charge in [0.25, 0.3) is 5.56 Å². The number of aryl methyl sites for hydroxylation is 1. The first-order valence-corrected chi connectivity index (χ1v) is 8.62. The van der Waals surface area contributed by atoms with Crippen LogP contribution >= 0.6 is 0 Å². The summed E-state index contributed by atoms with van der Waals surface area (Å²) in [4.78, 5) is 29.8. The van der Waals surface area contributed by atoms with Crippen LogP contribution in [-0.4, -0.2) is 20.3 Å². The lowest BCUT2D eigenvalue weighted by Crippen LogP contribution is -2.27. The zero-order chi connectivity index (χ0) is 18.8. The summed E-state index contributed by atoms with van der Waals surface area (Å²) in [5.74, 6) is -0.230. The molecule has 0 aliphatic heterocycles. The summed E-state index contributed by atoms with van der Waals surface area (Å²) in [6.45, 7) is 1.96. The van der Waals surface area contributed by atoms with E-state index in [0.29, 0.717) is 22.4 Å². The van der Waals surface area contributed by atoms with E-state index in [4.69, 9.17) is 0 Å². The van der Waals surface area contributed by atoms with E-state index in [0.717, 1.165) is 5.56 Å². The van der Waals surface area contributed by atoms with Crippen LogP contribution in [-0.2, 0) is 11.3 Å². The molecule has 27 heavy (non-hydrogen) atoms. The first-order chi connectivity index (χ1) is 13.1. The molecule has 0 aliphatic carbocycles. The van der Waals surface area contributed by atoms with Crippen molar-refractivity contribution in [2.45, 2.75) is 13.5 Å². The zero-order valence-electron chi connectivity index (χ0n) is 14.8. The van der Waals surface area contributed by atoms with Crippen molar-refractivity contribution in [1.29, 1.82) is 0 Å². The molecule has 0 spiro atoms. The number of anilines is 1. The largest absolute Gasteiger partial charge is 0.324 e. The summed E-state index contributed by atoms with van der Waals surface area (Å²) in [6.07, 6.45) is 1.62. The number of nitrogens with zero attached hydrogens (tertiary/aromatic N) is 3. The molecule has 4 rings (SSSR count). The fourth-order valence-corrected chi connectivity index (χ4v) is 3.03. The van der Waals surface area contributed by atoms with E-state index in [9.17, 15) is 9.59 Å². The van der Waals surface area contributed by atoms with Gasteiger partial charge < -0.3 is 5.32 Å². The van der Waals surface area contributed by atoms with Crippen molar-refractivity contribution < 1.29 is 4.79 Å². The van der Waals surface area contributed by atoms with E-state index < -0.39 is 0 Å². The Morgan fingerprint density at radius 3 is 2.48 bits per heavy atom. The highest BCUT2D eigenvalue weighted by Crippen LogP contribution is 2.14. The van der Waals surface area contributed by atoms with Gasteiger partial charge in [-0.2, -0.15) is 0 Å². The molecule has 4 aromatic rings. The molecule has 0 radical (unpaired) electrons. The van der Waals surface area contributed by atoms with Crippen LogP contribution in [0, 0.1) is 6.92 Å². The molecule has 0 unspecified atom stereocenters. The highest BCUT2D eigenvalue weighted by Gasteiger charge is 2.17. The minimum Gasteiger partial charge on any atom is -0.324 e. The Labute approximate surface area is 155 Å². The molecule has 0 saturated heterocycles. The molecule has 1 N–H and O–H groups in total. The van der Waals surface area contributed by atoms with Crippen molar-refractivity contribution in [2.24, 2.45) is 0 Å². The smallest absolute Gasteiger partial charge is 0.280 e. The predicted octanol–water partition coefficient (Wildman–Crippen LogP) is 3.13. The molecule has 0 aliphatic rings. The van der Waals surface area contributed by atoms with Gasteiger partial charge in [-0.3, -0.25) is 14.3 Å². The fraction of sp³-hybridized carbons (Fsp3) is 0.0952. The van der Waals surface area contributed by atoms with Crippen LogP contribution in [0.15, 0.2) is 77.7 Å². The van der Waals surface area contributed by atoms with E-state index in [2.05, 4.69) is 10.3 Å². The number of hydrogen-bond acceptors (Lipinski definition) is 3. The minimum absolute atomic E-state index is 0.0292. The van der Waals surface area contributed by atoms with Crippen LogP contribution in [0.25, 0.3) is 16.7 Å². The van der Waals surface area contributed by atoms with Gasteiger partial charge in [-0.15, -0.1) is 0 Å². The van der Waals surface area contributed by atoms with Crippen molar-refractivity contribution in [3.63, 3.8) is 0 Å². The summed E-state index contributed by atoms with van der Waals surface area (Å²) >= 11 is 0. The first kappa shape index (κ1) is 16.8. The van der Waals surface area contributed by atoms with Gasteiger partial charge in [0.15, 0.2) is 5.65 Å². The van der Waals surface area contributed by atoms with Gasteiger partial charge in [0, 0.05) is 11.9 Å². The maximum Gasteiger partial charge on any atom is 0.280 e. The summed E-state index contributed by atoms with van der Waals surface area (Å²) in [5.41, 5.74) is 2.79. The van der Waals surface area contributed by atoms with E-state index >= 15 is 0 Å². The second-order valence-corrected chi connectivity index (χ2v) is 6.30. The number of amides is 1. The molecule has 6 heteroatoms. The Hall–Kier alpha value is -3.67. The van der Waals surface area contributed by atoms with E-state index in [1.54, 1.807) is 23.0 Å². The quantitative estimate of drug-likeness (QED) is 0.609. The number of para-hydroxylation sites is 1. The summed E-state index contributed by atoms with van der Waals surface area (Å²) < 4.78 is 3.10. The van der Waals surface area contributed by atoms with Crippen LogP contribution in [0.4, 0.5) is 5.69 Å². The number of benzene rings is 2. The van der Waals surface area contributed by atoms with Crippen molar-refractivity contribution in [3.05, 3.63) is 88.8 Å². The number of carbonyl (C=O) groups is 1. The molecule has 2 heterocycles. The van der Waals surface area contributed by atoms with Gasteiger partial charge in [-0.25, -0.2) is 9.67 Å². The van der Waals surface area contributed by atoms with Gasteiger partial charge in [-0.05, 0) is 43.3 Å². The third-order valence-corrected chi connectivity index (χ3v) is 4.32. The average Bonchev–Trinajstić information content (AvgIpc) is 2.96. The molecule has 0 bridgehead atoms. The zero-order valence-corrected chi connectivity index (χ0v) is 14.8. The van der Waals surface area contributed by atoms with Gasteiger partial charge in [0.1, 0.15) is 6.54 Å². The van der Waals surface area contributed by atoms with E-state index in [1.807, 2.05) is 61.5 Å². The third kappa shape index (κ3) is 3.25. The summed E-state index contributed by atoms with van der Waals surface area (Å²) in [7, 11) is 0. The monoisotopic (exact) mass is 358 g/mol. The average molecular weight is 358 g/mol. The highest BCUT2D eigenvalue weighted by molar-refractivity contribution is 5.91. The number of fused-ring (bicyclic) bond motifs is 1. The number of hydrogen-bond donors (Lipinski definition) is 1. The maximum atomic E-state index is 12.9. The first-order valence-electron chi connectivity index (χ1n) is 8.62. The Morgan fingerprint density at radius 1 is 1.00 bits per heavy atom. The van der Waals surface area contributed by atoms with Crippen molar-refractivity contribution in [3.8, 4) is 5.69 Å². The standard InChI is InChI=1S/C21H18N4O2/c1-15-9-11-16(12-10-15)23-19(26)14-24-20-18(8-5-13-22-20)21(27)25(24)17-6-3-2-4-7-17/h2-13H,14H2,1H3,(H,23,26). The maximum absolute atomic E-state index is 12.9. The highest BCUT2D eigenvalue weighted by atomic mass is 16.2. The Balaban J connectivity index is 1.75. The Bertz CT molecular complexity index is 1160. The molecule has 134 valence electrons.